The van der Waals surface area contributed by atoms with E-state index in [4.69, 9.17) is 11.6 Å². The Morgan fingerprint density at radius 3 is 2.06 bits per heavy atom. The molecule has 0 N–H and O–H groups in total. The highest BCUT2D eigenvalue weighted by molar-refractivity contribution is 8.72. The van der Waals surface area contributed by atoms with E-state index >= 15 is 0 Å². The van der Waals surface area contributed by atoms with E-state index in [0.717, 1.165) is 16.4 Å². The molecule has 2 rings (SSSR count). The van der Waals surface area contributed by atoms with Crippen LogP contribution in [-0.2, 0) is 8.87 Å². The Morgan fingerprint density at radius 1 is 0.944 bits per heavy atom. The summed E-state index contributed by atoms with van der Waals surface area (Å²) in [7, 11) is -2.54. The lowest BCUT2D eigenvalue weighted by molar-refractivity contribution is 0.610. The minimum atomic E-state index is -3.38. The molecular formula is C13H11ClO2S2. The lowest BCUT2D eigenvalue weighted by atomic mass is 10.2. The zero-order valence-electron chi connectivity index (χ0n) is 9.63. The number of halogens is 1. The van der Waals surface area contributed by atoms with Crippen LogP contribution in [0, 0.1) is 6.92 Å². The number of rotatable bonds is 3. The normalized spacial score (nSPS) is 11.4. The predicted octanol–water partition coefficient (Wildman–Crippen LogP) is 4.13. The third-order valence-electron chi connectivity index (χ3n) is 2.33. The third kappa shape index (κ3) is 3.28. The maximum absolute atomic E-state index is 12.1. The Bertz CT molecular complexity index is 632. The van der Waals surface area contributed by atoms with Crippen molar-refractivity contribution >= 4 is 31.3 Å². The van der Waals surface area contributed by atoms with Crippen molar-refractivity contribution in [3.05, 3.63) is 59.1 Å². The highest BCUT2D eigenvalue weighted by Gasteiger charge is 2.16. The van der Waals surface area contributed by atoms with Crippen molar-refractivity contribution in [1.29, 1.82) is 0 Å². The van der Waals surface area contributed by atoms with Crippen LogP contribution in [0.3, 0.4) is 0 Å². The largest absolute Gasteiger partial charge is 0.234 e. The lowest BCUT2D eigenvalue weighted by Crippen LogP contribution is -1.94. The molecule has 0 aliphatic rings. The van der Waals surface area contributed by atoms with E-state index < -0.39 is 8.87 Å². The van der Waals surface area contributed by atoms with Gasteiger partial charge in [0.15, 0.2) is 0 Å². The molecule has 0 bridgehead atoms. The van der Waals surface area contributed by atoms with Gasteiger partial charge in [-0.3, -0.25) is 0 Å². The van der Waals surface area contributed by atoms with Crippen LogP contribution in [0.25, 0.3) is 0 Å². The first-order chi connectivity index (χ1) is 8.47. The van der Waals surface area contributed by atoms with Gasteiger partial charge < -0.3 is 0 Å². The number of benzene rings is 2. The van der Waals surface area contributed by atoms with Crippen LogP contribution in [0.1, 0.15) is 5.56 Å². The maximum Gasteiger partial charge on any atom is 0.234 e. The molecule has 2 nitrogen and oxygen atoms in total. The molecule has 0 saturated heterocycles. The van der Waals surface area contributed by atoms with Crippen molar-refractivity contribution < 1.29 is 8.42 Å². The Balaban J connectivity index is 2.27. The van der Waals surface area contributed by atoms with E-state index in [2.05, 4.69) is 0 Å². The quantitative estimate of drug-likeness (QED) is 0.799. The molecule has 2 aromatic carbocycles. The summed E-state index contributed by atoms with van der Waals surface area (Å²) in [6.45, 7) is 1.96. The molecule has 0 atom stereocenters. The second kappa shape index (κ2) is 5.34. The summed E-state index contributed by atoms with van der Waals surface area (Å²) in [6.07, 6.45) is 0. The molecule has 0 heterocycles. The first-order valence-corrected chi connectivity index (χ1v) is 8.43. The van der Waals surface area contributed by atoms with E-state index in [1.54, 1.807) is 24.3 Å². The molecule has 0 aliphatic carbocycles. The van der Waals surface area contributed by atoms with E-state index in [9.17, 15) is 8.42 Å². The molecule has 94 valence electrons. The summed E-state index contributed by atoms with van der Waals surface area (Å²) in [4.78, 5) is 0.966. The third-order valence-corrected chi connectivity index (χ3v) is 5.93. The van der Waals surface area contributed by atoms with Gasteiger partial charge in [0.05, 0.1) is 4.90 Å². The van der Waals surface area contributed by atoms with E-state index in [0.29, 0.717) is 9.92 Å². The summed E-state index contributed by atoms with van der Waals surface area (Å²) in [6, 6.07) is 13.5. The molecule has 0 amide bonds. The average molecular weight is 299 g/mol. The van der Waals surface area contributed by atoms with Gasteiger partial charge >= 0.3 is 0 Å². The fourth-order valence-electron chi connectivity index (χ4n) is 1.37. The highest BCUT2D eigenvalue weighted by Crippen LogP contribution is 2.31. The Hall–Kier alpha value is -0.970. The molecule has 0 saturated carbocycles. The first kappa shape index (κ1) is 13.5. The van der Waals surface area contributed by atoms with Crippen LogP contribution >= 0.6 is 22.4 Å². The van der Waals surface area contributed by atoms with Crippen molar-refractivity contribution in [2.75, 3.05) is 0 Å². The van der Waals surface area contributed by atoms with Crippen molar-refractivity contribution in [1.82, 2.24) is 0 Å². The van der Waals surface area contributed by atoms with E-state index in [1.807, 2.05) is 19.1 Å². The van der Waals surface area contributed by atoms with Crippen molar-refractivity contribution in [3.8, 4) is 0 Å². The summed E-state index contributed by atoms with van der Waals surface area (Å²) in [5.41, 5.74) is 1.10. The molecule has 0 unspecified atom stereocenters. The first-order valence-electron chi connectivity index (χ1n) is 5.24. The van der Waals surface area contributed by atoms with Crippen LogP contribution in [0.15, 0.2) is 58.3 Å². The van der Waals surface area contributed by atoms with E-state index in [1.165, 1.54) is 12.1 Å². The minimum absolute atomic E-state index is 0.262. The summed E-state index contributed by atoms with van der Waals surface area (Å²) < 4.78 is 24.2. The van der Waals surface area contributed by atoms with Gasteiger partial charge in [-0.05, 0) is 43.3 Å². The Kier molecular flexibility index (Phi) is 4.00. The lowest BCUT2D eigenvalue weighted by Gasteiger charge is -2.04. The molecule has 18 heavy (non-hydrogen) atoms. The molecular weight excluding hydrogens is 288 g/mol. The zero-order chi connectivity index (χ0) is 13.2. The van der Waals surface area contributed by atoms with Crippen molar-refractivity contribution in [3.63, 3.8) is 0 Å². The van der Waals surface area contributed by atoms with Crippen molar-refractivity contribution in [2.24, 2.45) is 0 Å². The SMILES string of the molecule is Cc1ccc(SS(=O)(=O)c2ccc(Cl)cc2)cc1. The van der Waals surface area contributed by atoms with Gasteiger partial charge in [-0.15, -0.1) is 0 Å². The number of aryl methyl sites for hydroxylation is 1. The highest BCUT2D eigenvalue weighted by atomic mass is 35.5. The van der Waals surface area contributed by atoms with Gasteiger partial charge in [-0.1, -0.05) is 29.3 Å². The predicted molar refractivity (Wildman–Crippen MR) is 75.7 cm³/mol. The van der Waals surface area contributed by atoms with Crippen LogP contribution in [0.2, 0.25) is 5.02 Å². The topological polar surface area (TPSA) is 34.1 Å². The molecule has 0 radical (unpaired) electrons. The molecule has 2 aromatic rings. The summed E-state index contributed by atoms with van der Waals surface area (Å²) in [5.74, 6) is 0. The second-order valence-corrected chi connectivity index (χ2v) is 8.08. The summed E-state index contributed by atoms with van der Waals surface area (Å²) >= 11 is 5.74. The monoisotopic (exact) mass is 298 g/mol. The van der Waals surface area contributed by atoms with E-state index in [-0.39, 0.29) is 4.90 Å². The van der Waals surface area contributed by atoms with Gasteiger partial charge in [0.2, 0.25) is 8.87 Å². The molecule has 5 heteroatoms. The smallest absolute Gasteiger partial charge is 0.212 e. The van der Waals surface area contributed by atoms with Gasteiger partial charge in [0.25, 0.3) is 0 Å². The fourth-order valence-corrected chi connectivity index (χ4v) is 4.28. The minimum Gasteiger partial charge on any atom is -0.212 e. The summed E-state index contributed by atoms with van der Waals surface area (Å²) in [5, 5.41) is 0.522. The molecule has 0 aromatic heterocycles. The van der Waals surface area contributed by atoms with Crippen LogP contribution in [-0.4, -0.2) is 8.42 Å². The zero-order valence-corrected chi connectivity index (χ0v) is 12.0. The number of hydrogen-bond acceptors (Lipinski definition) is 3. The van der Waals surface area contributed by atoms with Gasteiger partial charge in [-0.2, -0.15) is 0 Å². The van der Waals surface area contributed by atoms with Crippen LogP contribution < -0.4 is 0 Å². The van der Waals surface area contributed by atoms with Gasteiger partial charge in [0, 0.05) is 20.7 Å². The van der Waals surface area contributed by atoms with Gasteiger partial charge in [0.1, 0.15) is 0 Å². The second-order valence-electron chi connectivity index (χ2n) is 3.80. The Morgan fingerprint density at radius 2 is 1.50 bits per heavy atom. The van der Waals surface area contributed by atoms with Gasteiger partial charge in [-0.25, -0.2) is 8.42 Å². The molecule has 0 fully saturated rings. The fraction of sp³-hybridized carbons (Fsp3) is 0.0769. The van der Waals surface area contributed by atoms with Crippen LogP contribution in [0.4, 0.5) is 0 Å². The standard InChI is InChI=1S/C13H11ClO2S2/c1-10-2-6-12(7-3-10)17-18(15,16)13-8-4-11(14)5-9-13/h2-9H,1H3. The maximum atomic E-state index is 12.1. The Labute approximate surface area is 115 Å². The average Bonchev–Trinajstić information content (AvgIpc) is 2.32. The number of hydrogen-bond donors (Lipinski definition) is 0. The van der Waals surface area contributed by atoms with Crippen molar-refractivity contribution in [2.45, 2.75) is 16.7 Å². The molecule has 0 spiro atoms. The van der Waals surface area contributed by atoms with Crippen LogP contribution in [0.5, 0.6) is 0 Å². The molecule has 0 aliphatic heterocycles.